The quantitative estimate of drug-likeness (QED) is 0.838. The number of ether oxygens (including phenoxy) is 1. The van der Waals surface area contributed by atoms with Crippen molar-refractivity contribution in [2.24, 2.45) is 0 Å². The predicted octanol–water partition coefficient (Wildman–Crippen LogP) is 1.56. The minimum atomic E-state index is 0.775. The van der Waals surface area contributed by atoms with Crippen LogP contribution in [-0.2, 0) is 6.54 Å². The van der Waals surface area contributed by atoms with Crippen LogP contribution < -0.4 is 10.5 Å². The van der Waals surface area contributed by atoms with Crippen LogP contribution in [0.1, 0.15) is 18.4 Å². The highest BCUT2D eigenvalue weighted by Crippen LogP contribution is 2.24. The normalized spacial score (nSPS) is 24.4. The van der Waals surface area contributed by atoms with Crippen molar-refractivity contribution >= 4 is 5.69 Å². The number of rotatable bonds is 3. The molecule has 19 heavy (non-hydrogen) atoms. The fraction of sp³-hybridized carbons (Fsp3) is 0.600. The zero-order valence-corrected chi connectivity index (χ0v) is 11.6. The number of hydrogen-bond acceptors (Lipinski definition) is 4. The molecule has 1 aromatic carbocycles. The van der Waals surface area contributed by atoms with Gasteiger partial charge in [0.25, 0.3) is 0 Å². The van der Waals surface area contributed by atoms with Gasteiger partial charge >= 0.3 is 0 Å². The van der Waals surface area contributed by atoms with Gasteiger partial charge in [0.2, 0.25) is 0 Å². The average Bonchev–Trinajstić information content (AvgIpc) is 2.85. The van der Waals surface area contributed by atoms with Crippen molar-refractivity contribution in [3.8, 4) is 5.75 Å². The number of nitrogens with two attached hydrogens (primary N) is 1. The Bertz CT molecular complexity index is 449. The maximum Gasteiger partial charge on any atom is 0.121 e. The molecule has 4 nitrogen and oxygen atoms in total. The molecule has 1 unspecified atom stereocenters. The molecular weight excluding hydrogens is 238 g/mol. The summed E-state index contributed by atoms with van der Waals surface area (Å²) in [7, 11) is 1.69. The molecule has 2 fully saturated rings. The zero-order valence-electron chi connectivity index (χ0n) is 11.6. The molecule has 2 N–H and O–H groups in total. The topological polar surface area (TPSA) is 41.7 Å². The molecule has 0 bridgehead atoms. The van der Waals surface area contributed by atoms with Gasteiger partial charge in [-0.05, 0) is 37.1 Å². The van der Waals surface area contributed by atoms with Crippen LogP contribution in [0.2, 0.25) is 0 Å². The number of anilines is 1. The summed E-state index contributed by atoms with van der Waals surface area (Å²) in [6, 6.07) is 6.80. The summed E-state index contributed by atoms with van der Waals surface area (Å²) in [5.74, 6) is 0.856. The van der Waals surface area contributed by atoms with E-state index in [1.54, 1.807) is 7.11 Å². The largest absolute Gasteiger partial charge is 0.497 e. The highest BCUT2D eigenvalue weighted by Gasteiger charge is 2.30. The van der Waals surface area contributed by atoms with Crippen molar-refractivity contribution in [3.63, 3.8) is 0 Å². The van der Waals surface area contributed by atoms with Crippen molar-refractivity contribution in [2.45, 2.75) is 25.4 Å². The zero-order chi connectivity index (χ0) is 13.2. The van der Waals surface area contributed by atoms with E-state index in [0.29, 0.717) is 0 Å². The summed E-state index contributed by atoms with van der Waals surface area (Å²) >= 11 is 0. The first-order chi connectivity index (χ1) is 9.24. The van der Waals surface area contributed by atoms with Gasteiger partial charge in [-0.15, -0.1) is 0 Å². The number of nitrogens with zero attached hydrogens (tertiary/aromatic N) is 2. The lowest BCUT2D eigenvalue weighted by Gasteiger charge is -2.37. The Balaban J connectivity index is 1.66. The van der Waals surface area contributed by atoms with Crippen LogP contribution in [0.4, 0.5) is 5.69 Å². The second-order valence-corrected chi connectivity index (χ2v) is 5.68. The summed E-state index contributed by atoms with van der Waals surface area (Å²) in [6.07, 6.45) is 2.72. The van der Waals surface area contributed by atoms with Crippen molar-refractivity contribution in [3.05, 3.63) is 23.8 Å². The first kappa shape index (κ1) is 12.8. The van der Waals surface area contributed by atoms with E-state index in [9.17, 15) is 0 Å². The Hall–Kier alpha value is -1.26. The van der Waals surface area contributed by atoms with E-state index in [1.165, 1.54) is 38.0 Å². The summed E-state index contributed by atoms with van der Waals surface area (Å²) in [5, 5.41) is 0. The monoisotopic (exact) mass is 261 g/mol. The maximum atomic E-state index is 5.92. The lowest BCUT2D eigenvalue weighted by molar-refractivity contribution is 0.0993. The molecule has 4 heteroatoms. The van der Waals surface area contributed by atoms with E-state index in [1.807, 2.05) is 6.07 Å². The van der Waals surface area contributed by atoms with Crippen molar-refractivity contribution in [1.82, 2.24) is 9.80 Å². The van der Waals surface area contributed by atoms with Gasteiger partial charge in [0.1, 0.15) is 5.75 Å². The lowest BCUT2D eigenvalue weighted by atomic mass is 10.1. The van der Waals surface area contributed by atoms with Gasteiger partial charge < -0.3 is 10.5 Å². The molecule has 3 rings (SSSR count). The van der Waals surface area contributed by atoms with Crippen LogP contribution in [0.25, 0.3) is 0 Å². The molecule has 1 aromatic rings. The molecule has 2 heterocycles. The van der Waals surface area contributed by atoms with E-state index in [0.717, 1.165) is 30.6 Å². The number of fused-ring (bicyclic) bond motifs is 1. The van der Waals surface area contributed by atoms with Gasteiger partial charge in [-0.25, -0.2) is 0 Å². The Morgan fingerprint density at radius 2 is 2.16 bits per heavy atom. The molecule has 2 saturated heterocycles. The second-order valence-electron chi connectivity index (χ2n) is 5.68. The average molecular weight is 261 g/mol. The number of methoxy groups -OCH3 is 1. The smallest absolute Gasteiger partial charge is 0.121 e. The maximum absolute atomic E-state index is 5.92. The molecule has 0 aromatic heterocycles. The van der Waals surface area contributed by atoms with Crippen molar-refractivity contribution < 1.29 is 4.74 Å². The minimum absolute atomic E-state index is 0.775. The summed E-state index contributed by atoms with van der Waals surface area (Å²) in [4.78, 5) is 5.18. The number of nitrogen functional groups attached to an aromatic ring is 1. The molecule has 1 atom stereocenters. The van der Waals surface area contributed by atoms with Crippen LogP contribution in [0.15, 0.2) is 18.2 Å². The molecule has 2 aliphatic rings. The van der Waals surface area contributed by atoms with Crippen LogP contribution in [-0.4, -0.2) is 49.1 Å². The van der Waals surface area contributed by atoms with E-state index in [-0.39, 0.29) is 0 Å². The third kappa shape index (κ3) is 2.85. The minimum Gasteiger partial charge on any atom is -0.497 e. The Kier molecular flexibility index (Phi) is 3.62. The van der Waals surface area contributed by atoms with Gasteiger partial charge in [0.05, 0.1) is 7.11 Å². The van der Waals surface area contributed by atoms with E-state index in [4.69, 9.17) is 10.5 Å². The molecule has 0 aliphatic carbocycles. The van der Waals surface area contributed by atoms with Gasteiger partial charge in [-0.1, -0.05) is 0 Å². The summed E-state index contributed by atoms with van der Waals surface area (Å²) in [6.45, 7) is 5.84. The molecule has 0 spiro atoms. The molecular formula is C15H23N3O. The van der Waals surface area contributed by atoms with Crippen LogP contribution >= 0.6 is 0 Å². The van der Waals surface area contributed by atoms with Gasteiger partial charge in [-0.2, -0.15) is 0 Å². The number of piperazine rings is 1. The van der Waals surface area contributed by atoms with E-state index >= 15 is 0 Å². The predicted molar refractivity (Wildman–Crippen MR) is 77.3 cm³/mol. The second kappa shape index (κ2) is 5.39. The van der Waals surface area contributed by atoms with E-state index in [2.05, 4.69) is 21.9 Å². The molecule has 0 saturated carbocycles. The highest BCUT2D eigenvalue weighted by molar-refractivity contribution is 5.47. The summed E-state index contributed by atoms with van der Waals surface area (Å²) < 4.78 is 5.29. The first-order valence-corrected chi connectivity index (χ1v) is 7.14. The summed E-state index contributed by atoms with van der Waals surface area (Å²) in [5.41, 5.74) is 7.96. The standard InChI is InChI=1S/C15H23N3O/c1-19-15-8-12(7-13(16)9-15)10-17-5-6-18-4-2-3-14(18)11-17/h7-9,14H,2-6,10-11,16H2,1H3. The van der Waals surface area contributed by atoms with E-state index < -0.39 is 0 Å². The Labute approximate surface area is 115 Å². The van der Waals surface area contributed by atoms with Gasteiger partial charge in [0.15, 0.2) is 0 Å². The Morgan fingerprint density at radius 1 is 1.26 bits per heavy atom. The van der Waals surface area contributed by atoms with Crippen LogP contribution in [0.5, 0.6) is 5.75 Å². The SMILES string of the molecule is COc1cc(N)cc(CN2CCN3CCCC3C2)c1. The van der Waals surface area contributed by atoms with Crippen molar-refractivity contribution in [1.29, 1.82) is 0 Å². The van der Waals surface area contributed by atoms with Crippen LogP contribution in [0, 0.1) is 0 Å². The number of hydrogen-bond donors (Lipinski definition) is 1. The fourth-order valence-corrected chi connectivity index (χ4v) is 3.35. The fourth-order valence-electron chi connectivity index (χ4n) is 3.35. The van der Waals surface area contributed by atoms with Gasteiger partial charge in [-0.3, -0.25) is 9.80 Å². The number of benzene rings is 1. The van der Waals surface area contributed by atoms with Crippen LogP contribution in [0.3, 0.4) is 0 Å². The first-order valence-electron chi connectivity index (χ1n) is 7.14. The third-order valence-electron chi connectivity index (χ3n) is 4.30. The molecule has 104 valence electrons. The molecule has 0 radical (unpaired) electrons. The highest BCUT2D eigenvalue weighted by atomic mass is 16.5. The third-order valence-corrected chi connectivity index (χ3v) is 4.30. The molecule has 2 aliphatic heterocycles. The molecule has 0 amide bonds. The lowest BCUT2D eigenvalue weighted by Crippen LogP contribution is -2.49. The van der Waals surface area contributed by atoms with Gasteiger partial charge in [0, 0.05) is 44.0 Å². The van der Waals surface area contributed by atoms with Crippen molar-refractivity contribution in [2.75, 3.05) is 39.0 Å². The Morgan fingerprint density at radius 3 is 3.00 bits per heavy atom.